The number of benzene rings is 1. The van der Waals surface area contributed by atoms with Crippen molar-refractivity contribution < 1.29 is 24.1 Å². The highest BCUT2D eigenvalue weighted by Crippen LogP contribution is 2.43. The van der Waals surface area contributed by atoms with Gasteiger partial charge in [0.1, 0.15) is 11.9 Å². The minimum atomic E-state index is -0.556. The molecule has 1 saturated heterocycles. The van der Waals surface area contributed by atoms with Crippen LogP contribution >= 0.6 is 0 Å². The Kier molecular flexibility index (Phi) is 4.38. The molecule has 4 aliphatic rings. The lowest BCUT2D eigenvalue weighted by Gasteiger charge is -2.35. The number of ether oxygens (including phenoxy) is 3. The van der Waals surface area contributed by atoms with E-state index in [0.717, 1.165) is 36.2 Å². The molecule has 1 aromatic heterocycles. The van der Waals surface area contributed by atoms with E-state index in [9.17, 15) is 9.90 Å². The fraction of sp³-hybridized carbons (Fsp3) is 0.565. The molecule has 2 aromatic rings. The zero-order valence-electron chi connectivity index (χ0n) is 17.5. The molecule has 31 heavy (non-hydrogen) atoms. The van der Waals surface area contributed by atoms with Gasteiger partial charge < -0.3 is 24.2 Å². The molecule has 0 radical (unpaired) electrons. The van der Waals surface area contributed by atoms with E-state index in [0.29, 0.717) is 54.5 Å². The number of hydrogen-bond acceptors (Lipinski definition) is 6. The third-order valence-corrected chi connectivity index (χ3v) is 7.16. The Labute approximate surface area is 180 Å². The quantitative estimate of drug-likeness (QED) is 0.782. The molecule has 3 heterocycles. The first-order chi connectivity index (χ1) is 15.1. The van der Waals surface area contributed by atoms with Gasteiger partial charge in [-0.05, 0) is 56.6 Å². The van der Waals surface area contributed by atoms with Crippen molar-refractivity contribution in [1.29, 1.82) is 0 Å². The van der Waals surface area contributed by atoms with Crippen LogP contribution < -0.4 is 14.2 Å². The van der Waals surface area contributed by atoms with Crippen molar-refractivity contribution >= 4 is 5.91 Å². The maximum absolute atomic E-state index is 13.3. The molecule has 0 bridgehead atoms. The van der Waals surface area contributed by atoms with Gasteiger partial charge in [0.05, 0.1) is 17.4 Å². The van der Waals surface area contributed by atoms with E-state index in [2.05, 4.69) is 10.2 Å². The number of carbonyl (C=O) groups is 1. The molecule has 2 saturated carbocycles. The number of carbonyl (C=O) groups excluding carboxylic acids is 1. The van der Waals surface area contributed by atoms with Gasteiger partial charge in [0.15, 0.2) is 11.5 Å². The number of likely N-dealkylation sites (tertiary alicyclic amines) is 1. The average Bonchev–Trinajstić information content (AvgIpc) is 3.16. The lowest BCUT2D eigenvalue weighted by molar-refractivity contribution is -0.0232. The molecule has 2 N–H and O–H groups in total. The van der Waals surface area contributed by atoms with Crippen LogP contribution in [0.4, 0.5) is 0 Å². The lowest BCUT2D eigenvalue weighted by Crippen LogP contribution is -2.42. The first-order valence-electron chi connectivity index (χ1n) is 11.2. The van der Waals surface area contributed by atoms with Gasteiger partial charge in [-0.15, -0.1) is 0 Å². The van der Waals surface area contributed by atoms with Crippen molar-refractivity contribution in [2.45, 2.75) is 50.7 Å². The number of rotatable bonds is 4. The van der Waals surface area contributed by atoms with E-state index in [1.807, 2.05) is 30.0 Å². The van der Waals surface area contributed by atoms with Gasteiger partial charge in [-0.2, -0.15) is 5.10 Å². The van der Waals surface area contributed by atoms with E-state index >= 15 is 0 Å². The highest BCUT2D eigenvalue weighted by atomic mass is 16.7. The number of aliphatic hydroxyl groups excluding tert-OH is 1. The predicted molar refractivity (Wildman–Crippen MR) is 110 cm³/mol. The smallest absolute Gasteiger partial charge is 0.257 e. The third-order valence-electron chi connectivity index (χ3n) is 7.16. The highest BCUT2D eigenvalue weighted by molar-refractivity contribution is 5.97. The molecule has 1 amide bonds. The first-order valence-corrected chi connectivity index (χ1v) is 11.2. The van der Waals surface area contributed by atoms with Crippen molar-refractivity contribution in [3.05, 3.63) is 35.2 Å². The number of aromatic amines is 1. The van der Waals surface area contributed by atoms with Crippen LogP contribution in [0.1, 0.15) is 53.3 Å². The van der Waals surface area contributed by atoms with Gasteiger partial charge in [-0.1, -0.05) is 0 Å². The van der Waals surface area contributed by atoms with Crippen LogP contribution in [0.25, 0.3) is 0 Å². The van der Waals surface area contributed by atoms with Crippen molar-refractivity contribution in [3.8, 4) is 17.2 Å². The summed E-state index contributed by atoms with van der Waals surface area (Å²) in [6.45, 7) is 3.53. The van der Waals surface area contributed by atoms with E-state index in [1.54, 1.807) is 0 Å². The average molecular weight is 425 g/mol. The second kappa shape index (κ2) is 7.15. The third kappa shape index (κ3) is 3.33. The number of aryl methyl sites for hydroxylation is 1. The standard InChI is InChI=1S/C23H27N3O5/c1-12-21(22(25-24-12)13-2-3-13)23(28)26-9-14-6-17(27)19(7-15(14)10-26)31-16-4-5-18-20(8-16)30-11-29-18/h4-5,8,13-15,17,19,27H,2-3,6-7,9-11H2,1H3,(H,24,25)/t14-,15+,17+,19+/m0/s1. The molecule has 8 heteroatoms. The second-order valence-electron chi connectivity index (χ2n) is 9.32. The SMILES string of the molecule is Cc1[nH]nc(C2CC2)c1C(=O)N1C[C@H]2C[C@@H](Oc3ccc4c(c3)OCO4)[C@H](O)C[C@H]2C1. The molecule has 2 aliphatic heterocycles. The summed E-state index contributed by atoms with van der Waals surface area (Å²) in [4.78, 5) is 15.3. The normalized spacial score (nSPS) is 29.2. The Balaban J connectivity index is 1.15. The van der Waals surface area contributed by atoms with E-state index in [1.165, 1.54) is 0 Å². The summed E-state index contributed by atoms with van der Waals surface area (Å²) >= 11 is 0. The second-order valence-corrected chi connectivity index (χ2v) is 9.32. The Hall–Kier alpha value is -2.74. The van der Waals surface area contributed by atoms with Crippen molar-refractivity contribution in [3.63, 3.8) is 0 Å². The molecule has 2 aliphatic carbocycles. The van der Waals surface area contributed by atoms with E-state index < -0.39 is 6.10 Å². The number of nitrogens with one attached hydrogen (secondary N) is 1. The summed E-state index contributed by atoms with van der Waals surface area (Å²) in [5.74, 6) is 3.16. The predicted octanol–water partition coefficient (Wildman–Crippen LogP) is 2.61. The summed E-state index contributed by atoms with van der Waals surface area (Å²) in [6, 6.07) is 5.49. The minimum absolute atomic E-state index is 0.0743. The Morgan fingerprint density at radius 3 is 2.77 bits per heavy atom. The van der Waals surface area contributed by atoms with E-state index in [4.69, 9.17) is 14.2 Å². The molecule has 0 unspecified atom stereocenters. The molecule has 164 valence electrons. The van der Waals surface area contributed by atoms with Crippen molar-refractivity contribution in [1.82, 2.24) is 15.1 Å². The number of nitrogens with zero attached hydrogens (tertiary/aromatic N) is 2. The van der Waals surface area contributed by atoms with Gasteiger partial charge >= 0.3 is 0 Å². The van der Waals surface area contributed by atoms with Crippen LogP contribution in [0.2, 0.25) is 0 Å². The first kappa shape index (κ1) is 19.0. The van der Waals surface area contributed by atoms with Gasteiger partial charge in [0.25, 0.3) is 5.91 Å². The lowest BCUT2D eigenvalue weighted by atomic mass is 9.78. The number of H-pyrrole nitrogens is 1. The van der Waals surface area contributed by atoms with E-state index in [-0.39, 0.29) is 18.8 Å². The molecule has 6 rings (SSSR count). The largest absolute Gasteiger partial charge is 0.488 e. The molecule has 0 spiro atoms. The van der Waals surface area contributed by atoms with Crippen molar-refractivity contribution in [2.24, 2.45) is 11.8 Å². The molecule has 3 fully saturated rings. The number of aliphatic hydroxyl groups is 1. The van der Waals surface area contributed by atoms with Crippen LogP contribution in [0, 0.1) is 18.8 Å². The monoisotopic (exact) mass is 425 g/mol. The topological polar surface area (TPSA) is 96.9 Å². The van der Waals surface area contributed by atoms with Gasteiger partial charge in [0, 0.05) is 30.8 Å². The Bertz CT molecular complexity index is 1020. The van der Waals surface area contributed by atoms with Crippen LogP contribution in [0.15, 0.2) is 18.2 Å². The summed E-state index contributed by atoms with van der Waals surface area (Å²) in [6.07, 6.45) is 2.74. The van der Waals surface area contributed by atoms with Crippen LogP contribution in [-0.4, -0.2) is 58.2 Å². The van der Waals surface area contributed by atoms with Crippen LogP contribution in [0.5, 0.6) is 17.2 Å². The molecule has 4 atom stereocenters. The molecular weight excluding hydrogens is 398 g/mol. The maximum atomic E-state index is 13.3. The Morgan fingerprint density at radius 2 is 1.97 bits per heavy atom. The number of hydrogen-bond donors (Lipinski definition) is 2. The summed E-state index contributed by atoms with van der Waals surface area (Å²) in [5, 5.41) is 18.2. The van der Waals surface area contributed by atoms with Crippen molar-refractivity contribution in [2.75, 3.05) is 19.9 Å². The number of fused-ring (bicyclic) bond motifs is 2. The highest BCUT2D eigenvalue weighted by Gasteiger charge is 2.45. The number of aromatic nitrogens is 2. The molecule has 8 nitrogen and oxygen atoms in total. The zero-order chi connectivity index (χ0) is 21.1. The van der Waals surface area contributed by atoms with Crippen LogP contribution in [0.3, 0.4) is 0 Å². The zero-order valence-corrected chi connectivity index (χ0v) is 17.5. The summed E-state index contributed by atoms with van der Waals surface area (Å²) in [5.41, 5.74) is 2.54. The van der Waals surface area contributed by atoms with Crippen LogP contribution in [-0.2, 0) is 0 Å². The summed E-state index contributed by atoms with van der Waals surface area (Å²) in [7, 11) is 0. The fourth-order valence-corrected chi connectivity index (χ4v) is 5.34. The molecular formula is C23H27N3O5. The van der Waals surface area contributed by atoms with Gasteiger partial charge in [0.2, 0.25) is 6.79 Å². The molecule has 1 aromatic carbocycles. The summed E-state index contributed by atoms with van der Waals surface area (Å²) < 4.78 is 16.9. The maximum Gasteiger partial charge on any atom is 0.257 e. The fourth-order valence-electron chi connectivity index (χ4n) is 5.34. The minimum Gasteiger partial charge on any atom is -0.488 e. The van der Waals surface area contributed by atoms with Gasteiger partial charge in [-0.25, -0.2) is 0 Å². The Morgan fingerprint density at radius 1 is 1.19 bits per heavy atom. The van der Waals surface area contributed by atoms with Gasteiger partial charge in [-0.3, -0.25) is 9.89 Å². The number of amides is 1.